The lowest BCUT2D eigenvalue weighted by Gasteiger charge is -2.36. The van der Waals surface area contributed by atoms with E-state index in [9.17, 15) is 0 Å². The normalized spacial score (nSPS) is 27.3. The first kappa shape index (κ1) is 40.5. The highest BCUT2D eigenvalue weighted by Gasteiger charge is 2.51. The predicted octanol–water partition coefficient (Wildman–Crippen LogP) is 14.2. The van der Waals surface area contributed by atoms with Crippen LogP contribution >= 0.6 is 0 Å². The summed E-state index contributed by atoms with van der Waals surface area (Å²) in [7, 11) is 0. The standard InChI is InChI=1S/C43H82/c1-17-30(6)32(8)23-20-19-22-29(5)26-41-42(43(41)36(12)28(3)4)27-35(11)33(9)24-21-25-34(10)38(14)40(16)39(15)37(13)31(7)18-2/h19,22,27-34,36-43H,17-18,20-21,23-26H2,1-16H3. The minimum absolute atomic E-state index is 0.698. The zero-order valence-corrected chi connectivity index (χ0v) is 32.5. The van der Waals surface area contributed by atoms with Crippen LogP contribution < -0.4 is 0 Å². The highest BCUT2D eigenvalue weighted by Crippen LogP contribution is 2.57. The van der Waals surface area contributed by atoms with E-state index in [0.29, 0.717) is 11.8 Å². The average molecular weight is 599 g/mol. The van der Waals surface area contributed by atoms with Crippen molar-refractivity contribution in [2.45, 2.75) is 162 Å². The van der Waals surface area contributed by atoms with Crippen molar-refractivity contribution in [2.24, 2.45) is 88.8 Å². The average Bonchev–Trinajstić information content (AvgIpc) is 3.65. The van der Waals surface area contributed by atoms with Crippen molar-refractivity contribution < 1.29 is 0 Å². The van der Waals surface area contributed by atoms with Crippen LogP contribution in [0.1, 0.15) is 162 Å². The number of hydrogen-bond donors (Lipinski definition) is 0. The largest absolute Gasteiger partial charge is 0.0883 e. The molecule has 0 aromatic carbocycles. The minimum Gasteiger partial charge on any atom is -0.0883 e. The lowest BCUT2D eigenvalue weighted by molar-refractivity contribution is 0.133. The van der Waals surface area contributed by atoms with Gasteiger partial charge in [0.05, 0.1) is 0 Å². The molecule has 0 heterocycles. The zero-order chi connectivity index (χ0) is 33.0. The first-order valence-electron chi connectivity index (χ1n) is 19.4. The molecule has 1 aliphatic carbocycles. The molecular weight excluding hydrogens is 516 g/mol. The van der Waals surface area contributed by atoms with Crippen LogP contribution in [0.15, 0.2) is 23.8 Å². The molecule has 254 valence electrons. The van der Waals surface area contributed by atoms with Gasteiger partial charge in [-0.2, -0.15) is 0 Å². The van der Waals surface area contributed by atoms with E-state index in [1.165, 1.54) is 51.4 Å². The van der Waals surface area contributed by atoms with Gasteiger partial charge in [-0.1, -0.05) is 153 Å². The Kier molecular flexibility index (Phi) is 18.7. The summed E-state index contributed by atoms with van der Waals surface area (Å²) in [5.74, 6) is 12.1. The first-order valence-corrected chi connectivity index (χ1v) is 19.4. The summed E-state index contributed by atoms with van der Waals surface area (Å²) in [5.41, 5.74) is 1.67. The van der Waals surface area contributed by atoms with E-state index in [2.05, 4.69) is 129 Å². The highest BCUT2D eigenvalue weighted by atomic mass is 14.6. The second-order valence-corrected chi connectivity index (χ2v) is 17.0. The third-order valence-electron chi connectivity index (χ3n) is 13.9. The van der Waals surface area contributed by atoms with Crippen molar-refractivity contribution in [3.63, 3.8) is 0 Å². The molecule has 0 heteroatoms. The van der Waals surface area contributed by atoms with Gasteiger partial charge in [0.2, 0.25) is 0 Å². The fourth-order valence-electron chi connectivity index (χ4n) is 8.11. The third-order valence-corrected chi connectivity index (χ3v) is 13.9. The van der Waals surface area contributed by atoms with Gasteiger partial charge >= 0.3 is 0 Å². The van der Waals surface area contributed by atoms with Crippen LogP contribution in [0.4, 0.5) is 0 Å². The predicted molar refractivity (Wildman–Crippen MR) is 197 cm³/mol. The molecule has 0 aromatic heterocycles. The van der Waals surface area contributed by atoms with Crippen LogP contribution in [0, 0.1) is 88.8 Å². The fourth-order valence-corrected chi connectivity index (χ4v) is 8.11. The van der Waals surface area contributed by atoms with E-state index in [-0.39, 0.29) is 0 Å². The van der Waals surface area contributed by atoms with Crippen molar-refractivity contribution in [1.29, 1.82) is 0 Å². The molecule has 0 N–H and O–H groups in total. The Bertz CT molecular complexity index is 786. The number of rotatable bonds is 22. The van der Waals surface area contributed by atoms with Crippen molar-refractivity contribution in [2.75, 3.05) is 0 Å². The second kappa shape index (κ2) is 19.9. The van der Waals surface area contributed by atoms with E-state index in [4.69, 9.17) is 0 Å². The van der Waals surface area contributed by atoms with Gasteiger partial charge in [0.25, 0.3) is 0 Å². The van der Waals surface area contributed by atoms with Gasteiger partial charge in [-0.05, 0) is 121 Å². The maximum atomic E-state index is 2.75. The molecule has 0 aromatic rings. The van der Waals surface area contributed by atoms with Crippen molar-refractivity contribution in [1.82, 2.24) is 0 Å². The highest BCUT2D eigenvalue weighted by molar-refractivity contribution is 5.16. The summed E-state index contributed by atoms with van der Waals surface area (Å²) >= 11 is 0. The molecule has 0 spiro atoms. The van der Waals surface area contributed by atoms with Crippen LogP contribution in [0.2, 0.25) is 0 Å². The summed E-state index contributed by atoms with van der Waals surface area (Å²) in [6.07, 6.45) is 18.5. The smallest absolute Gasteiger partial charge is 0.0165 e. The third kappa shape index (κ3) is 13.0. The van der Waals surface area contributed by atoms with E-state index in [1.54, 1.807) is 5.57 Å². The van der Waals surface area contributed by atoms with Crippen molar-refractivity contribution in [3.05, 3.63) is 23.8 Å². The lowest BCUT2D eigenvalue weighted by atomic mass is 9.70. The van der Waals surface area contributed by atoms with E-state index in [1.807, 2.05) is 0 Å². The Morgan fingerprint density at radius 1 is 0.628 bits per heavy atom. The quantitative estimate of drug-likeness (QED) is 0.109. The Balaban J connectivity index is 2.67. The molecule has 43 heavy (non-hydrogen) atoms. The van der Waals surface area contributed by atoms with E-state index in [0.717, 1.165) is 76.9 Å². The molecule has 1 fully saturated rings. The Hall–Kier alpha value is -0.520. The molecule has 0 bridgehead atoms. The Morgan fingerprint density at radius 2 is 1.19 bits per heavy atom. The van der Waals surface area contributed by atoms with Crippen LogP contribution in [0.5, 0.6) is 0 Å². The van der Waals surface area contributed by atoms with Crippen LogP contribution in [0.3, 0.4) is 0 Å². The Morgan fingerprint density at radius 3 is 1.72 bits per heavy atom. The molecule has 1 rings (SSSR count). The lowest BCUT2D eigenvalue weighted by Crippen LogP contribution is -2.29. The van der Waals surface area contributed by atoms with Gasteiger partial charge in [-0.25, -0.2) is 0 Å². The van der Waals surface area contributed by atoms with Crippen LogP contribution in [0.25, 0.3) is 0 Å². The van der Waals surface area contributed by atoms with E-state index < -0.39 is 0 Å². The maximum Gasteiger partial charge on any atom is -0.0165 e. The van der Waals surface area contributed by atoms with Gasteiger partial charge in [-0.3, -0.25) is 0 Å². The molecule has 1 aliphatic rings. The Labute approximate surface area is 274 Å². The van der Waals surface area contributed by atoms with Crippen molar-refractivity contribution >= 4 is 0 Å². The summed E-state index contributed by atoms with van der Waals surface area (Å²) in [5, 5.41) is 0. The molecule has 0 aliphatic heterocycles. The van der Waals surface area contributed by atoms with Crippen molar-refractivity contribution in [3.8, 4) is 0 Å². The fraction of sp³-hybridized carbons (Fsp3) is 0.907. The summed E-state index contributed by atoms with van der Waals surface area (Å²) < 4.78 is 0. The monoisotopic (exact) mass is 599 g/mol. The molecule has 0 radical (unpaired) electrons. The first-order chi connectivity index (χ1) is 20.1. The summed E-state index contributed by atoms with van der Waals surface area (Å²) in [4.78, 5) is 0. The number of hydrogen-bond acceptors (Lipinski definition) is 0. The topological polar surface area (TPSA) is 0 Å². The number of allylic oxidation sites excluding steroid dienone is 4. The van der Waals surface area contributed by atoms with Gasteiger partial charge in [0.15, 0.2) is 0 Å². The summed E-state index contributed by atoms with van der Waals surface area (Å²) in [6, 6.07) is 0. The molecule has 1 saturated carbocycles. The molecule has 0 amide bonds. The molecule has 0 nitrogen and oxygen atoms in total. The maximum absolute atomic E-state index is 2.75. The minimum atomic E-state index is 0.698. The molecule has 0 saturated heterocycles. The van der Waals surface area contributed by atoms with Gasteiger partial charge in [-0.15, -0.1) is 0 Å². The van der Waals surface area contributed by atoms with Gasteiger partial charge in [0, 0.05) is 0 Å². The van der Waals surface area contributed by atoms with Crippen LogP contribution in [-0.2, 0) is 0 Å². The van der Waals surface area contributed by atoms with Gasteiger partial charge in [0.1, 0.15) is 0 Å². The van der Waals surface area contributed by atoms with E-state index >= 15 is 0 Å². The molecule has 14 atom stereocenters. The zero-order valence-electron chi connectivity index (χ0n) is 32.5. The molecule has 14 unspecified atom stereocenters. The van der Waals surface area contributed by atoms with Crippen LogP contribution in [-0.4, -0.2) is 0 Å². The second-order valence-electron chi connectivity index (χ2n) is 17.0. The van der Waals surface area contributed by atoms with Gasteiger partial charge < -0.3 is 0 Å². The molecular formula is C43H82. The summed E-state index contributed by atoms with van der Waals surface area (Å²) in [6.45, 7) is 39.4. The SMILES string of the molecule is CCC(C)C(C)CCC=CC(C)CC1C(C=C(C)C(C)CCCC(C)C(C)C(C)C(C)C(C)C(C)CC)C1C(C)C(C)C.